The average molecular weight is 320 g/mol. The first kappa shape index (κ1) is 14.4. The zero-order valence-electron chi connectivity index (χ0n) is 14.0. The van der Waals surface area contributed by atoms with Crippen molar-refractivity contribution in [1.82, 2.24) is 4.98 Å². The lowest BCUT2D eigenvalue weighted by Gasteiger charge is -2.56. The van der Waals surface area contributed by atoms with Gasteiger partial charge in [-0.3, -0.25) is 9.78 Å². The number of rotatable bonds is 3. The topological polar surface area (TPSA) is 42.0 Å². The van der Waals surface area contributed by atoms with Crippen LogP contribution < -0.4 is 5.32 Å². The summed E-state index contributed by atoms with van der Waals surface area (Å²) in [6.45, 7) is 0. The molecule has 1 aromatic heterocycles. The van der Waals surface area contributed by atoms with Gasteiger partial charge in [-0.2, -0.15) is 0 Å². The van der Waals surface area contributed by atoms with E-state index in [4.69, 9.17) is 0 Å². The summed E-state index contributed by atoms with van der Waals surface area (Å²) in [7, 11) is 0. The second-order valence-corrected chi connectivity index (χ2v) is 8.55. The summed E-state index contributed by atoms with van der Waals surface area (Å²) >= 11 is 0. The van der Waals surface area contributed by atoms with E-state index in [9.17, 15) is 4.79 Å². The van der Waals surface area contributed by atoms with Gasteiger partial charge >= 0.3 is 0 Å². The standard InChI is InChI=1S/C21H24N2O/c24-20(23-18-3-4-19-17(9-18)2-1-5-22-19)13-21-10-14-6-15(11-21)8-16(7-14)12-21/h1-5,9,14-16H,6-8,10-13H2,(H,23,24). The summed E-state index contributed by atoms with van der Waals surface area (Å²) in [5, 5.41) is 4.22. The van der Waals surface area contributed by atoms with Gasteiger partial charge in [-0.05, 0) is 86.0 Å². The molecule has 0 radical (unpaired) electrons. The van der Waals surface area contributed by atoms with Gasteiger partial charge in [-0.15, -0.1) is 0 Å². The summed E-state index contributed by atoms with van der Waals surface area (Å²) in [5.74, 6) is 2.89. The molecule has 4 bridgehead atoms. The molecule has 0 spiro atoms. The maximum Gasteiger partial charge on any atom is 0.224 e. The summed E-state index contributed by atoms with van der Waals surface area (Å²) in [6, 6.07) is 9.95. The van der Waals surface area contributed by atoms with E-state index < -0.39 is 0 Å². The Balaban J connectivity index is 1.32. The van der Waals surface area contributed by atoms with E-state index >= 15 is 0 Å². The molecule has 4 saturated carbocycles. The highest BCUT2D eigenvalue weighted by Gasteiger charge is 2.51. The van der Waals surface area contributed by atoms with Crippen molar-refractivity contribution in [2.75, 3.05) is 5.32 Å². The molecule has 4 aliphatic rings. The third-order valence-electron chi connectivity index (χ3n) is 6.59. The normalized spacial score (nSPS) is 33.8. The molecule has 1 heterocycles. The number of amides is 1. The molecular weight excluding hydrogens is 296 g/mol. The number of fused-ring (bicyclic) bond motifs is 1. The van der Waals surface area contributed by atoms with Crippen molar-refractivity contribution in [2.45, 2.75) is 44.9 Å². The van der Waals surface area contributed by atoms with Crippen molar-refractivity contribution in [3.63, 3.8) is 0 Å². The molecule has 124 valence electrons. The van der Waals surface area contributed by atoms with Crippen molar-refractivity contribution in [1.29, 1.82) is 0 Å². The number of benzene rings is 1. The van der Waals surface area contributed by atoms with Crippen LogP contribution in [0.4, 0.5) is 5.69 Å². The minimum absolute atomic E-state index is 0.195. The van der Waals surface area contributed by atoms with Gasteiger partial charge in [0.2, 0.25) is 5.91 Å². The van der Waals surface area contributed by atoms with Crippen LogP contribution in [0.3, 0.4) is 0 Å². The van der Waals surface area contributed by atoms with Gasteiger partial charge in [0.1, 0.15) is 0 Å². The van der Waals surface area contributed by atoms with Crippen LogP contribution in [0.25, 0.3) is 10.9 Å². The third-order valence-corrected chi connectivity index (χ3v) is 6.59. The minimum atomic E-state index is 0.195. The fraction of sp³-hybridized carbons (Fsp3) is 0.524. The number of nitrogens with one attached hydrogen (secondary N) is 1. The highest BCUT2D eigenvalue weighted by molar-refractivity contribution is 5.94. The Morgan fingerprint density at radius 1 is 1.08 bits per heavy atom. The Labute approximate surface area is 142 Å². The molecule has 0 atom stereocenters. The average Bonchev–Trinajstić information content (AvgIpc) is 2.52. The third kappa shape index (κ3) is 2.51. The van der Waals surface area contributed by atoms with Gasteiger partial charge in [-0.1, -0.05) is 6.07 Å². The summed E-state index contributed by atoms with van der Waals surface area (Å²) in [5.41, 5.74) is 2.17. The molecule has 4 fully saturated rings. The molecule has 1 aromatic carbocycles. The number of carbonyl (C=O) groups is 1. The molecule has 0 saturated heterocycles. The first-order chi connectivity index (χ1) is 11.7. The molecule has 0 aliphatic heterocycles. The largest absolute Gasteiger partial charge is 0.326 e. The molecule has 1 amide bonds. The Morgan fingerprint density at radius 3 is 2.50 bits per heavy atom. The van der Waals surface area contributed by atoms with Crippen LogP contribution in [-0.4, -0.2) is 10.9 Å². The van der Waals surface area contributed by atoms with E-state index in [0.29, 0.717) is 11.8 Å². The quantitative estimate of drug-likeness (QED) is 0.884. The Bertz CT molecular complexity index is 762. The van der Waals surface area contributed by atoms with E-state index in [1.54, 1.807) is 6.20 Å². The number of aromatic nitrogens is 1. The molecule has 3 heteroatoms. The Kier molecular flexibility index (Phi) is 3.19. The molecule has 4 aliphatic carbocycles. The lowest BCUT2D eigenvalue weighted by atomic mass is 9.49. The second-order valence-electron chi connectivity index (χ2n) is 8.55. The monoisotopic (exact) mass is 320 g/mol. The number of pyridine rings is 1. The van der Waals surface area contributed by atoms with Crippen molar-refractivity contribution in [3.05, 3.63) is 36.5 Å². The lowest BCUT2D eigenvalue weighted by Crippen LogP contribution is -2.47. The van der Waals surface area contributed by atoms with Crippen molar-refractivity contribution < 1.29 is 4.79 Å². The lowest BCUT2D eigenvalue weighted by molar-refractivity contribution is -0.124. The summed E-state index contributed by atoms with van der Waals surface area (Å²) < 4.78 is 0. The minimum Gasteiger partial charge on any atom is -0.326 e. The van der Waals surface area contributed by atoms with Gasteiger partial charge in [-0.25, -0.2) is 0 Å². The van der Waals surface area contributed by atoms with E-state index in [1.807, 2.05) is 30.3 Å². The summed E-state index contributed by atoms with van der Waals surface area (Å²) in [6.07, 6.45) is 10.7. The van der Waals surface area contributed by atoms with Crippen molar-refractivity contribution in [2.24, 2.45) is 23.2 Å². The van der Waals surface area contributed by atoms with Crippen LogP contribution >= 0.6 is 0 Å². The van der Waals surface area contributed by atoms with Crippen LogP contribution in [0, 0.1) is 23.2 Å². The highest BCUT2D eigenvalue weighted by Crippen LogP contribution is 2.61. The van der Waals surface area contributed by atoms with E-state index in [1.165, 1.54) is 38.5 Å². The Morgan fingerprint density at radius 2 is 1.79 bits per heavy atom. The zero-order valence-corrected chi connectivity index (χ0v) is 14.0. The number of anilines is 1. The van der Waals surface area contributed by atoms with Crippen LogP contribution in [-0.2, 0) is 4.79 Å². The van der Waals surface area contributed by atoms with Gasteiger partial charge in [0.05, 0.1) is 5.52 Å². The number of hydrogen-bond acceptors (Lipinski definition) is 2. The van der Waals surface area contributed by atoms with Crippen molar-refractivity contribution in [3.8, 4) is 0 Å². The molecule has 3 nitrogen and oxygen atoms in total. The number of carbonyl (C=O) groups excluding carboxylic acids is 1. The van der Waals surface area contributed by atoms with Crippen LogP contribution in [0.1, 0.15) is 44.9 Å². The van der Waals surface area contributed by atoms with Crippen LogP contribution in [0.5, 0.6) is 0 Å². The Hall–Kier alpha value is -1.90. The maximum atomic E-state index is 12.7. The molecule has 1 N–H and O–H groups in total. The molecular formula is C21H24N2O. The fourth-order valence-electron chi connectivity index (χ4n) is 6.21. The van der Waals surface area contributed by atoms with E-state index in [2.05, 4.69) is 10.3 Å². The van der Waals surface area contributed by atoms with Crippen LogP contribution in [0.2, 0.25) is 0 Å². The first-order valence-corrected chi connectivity index (χ1v) is 9.32. The van der Waals surface area contributed by atoms with Crippen LogP contribution in [0.15, 0.2) is 36.5 Å². The molecule has 24 heavy (non-hydrogen) atoms. The zero-order chi connectivity index (χ0) is 16.1. The van der Waals surface area contributed by atoms with Gasteiger partial charge in [0.25, 0.3) is 0 Å². The predicted octanol–water partition coefficient (Wildman–Crippen LogP) is 4.78. The molecule has 2 aromatic rings. The summed E-state index contributed by atoms with van der Waals surface area (Å²) in [4.78, 5) is 17.0. The van der Waals surface area contributed by atoms with Gasteiger partial charge in [0, 0.05) is 23.7 Å². The second kappa shape index (κ2) is 5.30. The first-order valence-electron chi connectivity index (χ1n) is 9.32. The number of hydrogen-bond donors (Lipinski definition) is 1. The predicted molar refractivity (Wildman–Crippen MR) is 95.6 cm³/mol. The van der Waals surface area contributed by atoms with Crippen molar-refractivity contribution >= 4 is 22.5 Å². The maximum absolute atomic E-state index is 12.7. The fourth-order valence-corrected chi connectivity index (χ4v) is 6.21. The highest BCUT2D eigenvalue weighted by atomic mass is 16.1. The SMILES string of the molecule is O=C(CC12CC3CC(CC(C3)C1)C2)Nc1ccc2ncccc2c1. The smallest absolute Gasteiger partial charge is 0.224 e. The van der Waals surface area contributed by atoms with E-state index in [0.717, 1.165) is 34.3 Å². The van der Waals surface area contributed by atoms with Gasteiger partial charge < -0.3 is 5.32 Å². The van der Waals surface area contributed by atoms with E-state index in [-0.39, 0.29) is 5.91 Å². The van der Waals surface area contributed by atoms with Gasteiger partial charge in [0.15, 0.2) is 0 Å². The molecule has 6 rings (SSSR count). The molecule has 0 unspecified atom stereocenters. The number of nitrogens with zero attached hydrogens (tertiary/aromatic N) is 1.